The highest BCUT2D eigenvalue weighted by Crippen LogP contribution is 2.49. The molecule has 0 bridgehead atoms. The number of carbonyl (C=O) groups excluding carboxylic acids is 1. The van der Waals surface area contributed by atoms with Crippen molar-refractivity contribution in [1.82, 2.24) is 15.3 Å². The molecule has 0 unspecified atom stereocenters. The van der Waals surface area contributed by atoms with Crippen LogP contribution in [0.1, 0.15) is 34.3 Å². The molecule has 0 atom stereocenters. The van der Waals surface area contributed by atoms with E-state index in [-0.39, 0.29) is 5.91 Å². The predicted octanol–water partition coefficient (Wildman–Crippen LogP) is 5.78. The number of benzene rings is 3. The second kappa shape index (κ2) is 7.70. The van der Waals surface area contributed by atoms with Gasteiger partial charge in [0.2, 0.25) is 5.89 Å². The van der Waals surface area contributed by atoms with E-state index >= 15 is 0 Å². The number of amides is 1. The lowest BCUT2D eigenvalue weighted by Crippen LogP contribution is -2.35. The van der Waals surface area contributed by atoms with E-state index in [9.17, 15) is 4.79 Å². The van der Waals surface area contributed by atoms with Gasteiger partial charge < -0.3 is 14.5 Å². The summed E-state index contributed by atoms with van der Waals surface area (Å²) >= 11 is 0. The molecule has 1 saturated carbocycles. The van der Waals surface area contributed by atoms with Crippen molar-refractivity contribution >= 4 is 27.9 Å². The molecule has 1 aliphatic rings. The fraction of sp³-hybridized carbons (Fsp3) is 0.179. The van der Waals surface area contributed by atoms with Crippen LogP contribution in [0, 0.1) is 6.92 Å². The standard InChI is InChI=1S/C28H23N3O3/c1-17-9-10-19(33-2)16-21(17)26(32)31-28(11-12-28)22-14-18(15-24-20(22)6-5-13-29-24)27-30-23-7-3-4-8-25(23)34-27/h3-10,13-16H,11-12H2,1-2H3,(H,31,32). The number of aryl methyl sites for hydroxylation is 1. The van der Waals surface area contributed by atoms with Gasteiger partial charge in [0, 0.05) is 22.7 Å². The molecule has 0 radical (unpaired) electrons. The molecule has 168 valence electrons. The Bertz CT molecular complexity index is 1530. The quantitative estimate of drug-likeness (QED) is 0.368. The highest BCUT2D eigenvalue weighted by Gasteiger charge is 2.47. The summed E-state index contributed by atoms with van der Waals surface area (Å²) in [6.45, 7) is 1.93. The number of ether oxygens (including phenoxy) is 1. The average Bonchev–Trinajstić information content (AvgIpc) is 3.51. The Kier molecular flexibility index (Phi) is 4.62. The lowest BCUT2D eigenvalue weighted by molar-refractivity contribution is 0.0930. The van der Waals surface area contributed by atoms with Crippen LogP contribution in [0.25, 0.3) is 33.5 Å². The summed E-state index contributed by atoms with van der Waals surface area (Å²) in [6.07, 6.45) is 3.48. The summed E-state index contributed by atoms with van der Waals surface area (Å²) in [5, 5.41) is 4.33. The van der Waals surface area contributed by atoms with E-state index in [1.165, 1.54) is 0 Å². The Hall–Kier alpha value is -4.19. The number of nitrogens with one attached hydrogen (secondary N) is 1. The van der Waals surface area contributed by atoms with E-state index in [2.05, 4.69) is 27.4 Å². The van der Waals surface area contributed by atoms with Crippen molar-refractivity contribution in [2.45, 2.75) is 25.3 Å². The summed E-state index contributed by atoms with van der Waals surface area (Å²) < 4.78 is 11.4. The van der Waals surface area contributed by atoms with Gasteiger partial charge in [0.15, 0.2) is 5.58 Å². The molecule has 2 aromatic heterocycles. The molecule has 5 aromatic rings. The Morgan fingerprint density at radius 2 is 1.88 bits per heavy atom. The fourth-order valence-corrected chi connectivity index (χ4v) is 4.54. The second-order valence-corrected chi connectivity index (χ2v) is 8.80. The van der Waals surface area contributed by atoms with Crippen molar-refractivity contribution in [3.05, 3.63) is 89.6 Å². The van der Waals surface area contributed by atoms with Crippen molar-refractivity contribution in [2.75, 3.05) is 7.11 Å². The summed E-state index contributed by atoms with van der Waals surface area (Å²) in [5.74, 6) is 1.09. The molecular weight excluding hydrogens is 426 g/mol. The minimum atomic E-state index is -0.462. The van der Waals surface area contributed by atoms with Gasteiger partial charge in [-0.05, 0) is 73.4 Å². The Labute approximate surface area is 196 Å². The third-order valence-corrected chi connectivity index (χ3v) is 6.57. The van der Waals surface area contributed by atoms with Crippen LogP contribution in [0.5, 0.6) is 5.75 Å². The molecule has 0 aliphatic heterocycles. The fourth-order valence-electron chi connectivity index (χ4n) is 4.54. The minimum Gasteiger partial charge on any atom is -0.497 e. The lowest BCUT2D eigenvalue weighted by atomic mass is 9.95. The van der Waals surface area contributed by atoms with Crippen molar-refractivity contribution < 1.29 is 13.9 Å². The Morgan fingerprint density at radius 3 is 2.68 bits per heavy atom. The average molecular weight is 450 g/mol. The lowest BCUT2D eigenvalue weighted by Gasteiger charge is -2.21. The van der Waals surface area contributed by atoms with Gasteiger partial charge in [-0.25, -0.2) is 4.98 Å². The van der Waals surface area contributed by atoms with Crippen LogP contribution in [0.4, 0.5) is 0 Å². The topological polar surface area (TPSA) is 77.2 Å². The number of carbonyl (C=O) groups is 1. The van der Waals surface area contributed by atoms with Crippen LogP contribution in [-0.2, 0) is 5.54 Å². The molecule has 6 nitrogen and oxygen atoms in total. The van der Waals surface area contributed by atoms with Gasteiger partial charge in [-0.2, -0.15) is 0 Å². The van der Waals surface area contributed by atoms with E-state index in [1.54, 1.807) is 19.4 Å². The normalized spacial score (nSPS) is 14.3. The zero-order chi connectivity index (χ0) is 23.3. The number of hydrogen-bond donors (Lipinski definition) is 1. The van der Waals surface area contributed by atoms with E-state index in [0.29, 0.717) is 17.2 Å². The molecule has 1 N–H and O–H groups in total. The van der Waals surface area contributed by atoms with Crippen LogP contribution in [0.15, 0.2) is 77.3 Å². The molecule has 2 heterocycles. The highest BCUT2D eigenvalue weighted by molar-refractivity contribution is 5.98. The predicted molar refractivity (Wildman–Crippen MR) is 131 cm³/mol. The zero-order valence-electron chi connectivity index (χ0n) is 19.0. The SMILES string of the molecule is COc1ccc(C)c(C(=O)NC2(c3cc(-c4nc5ccccc5o4)cc4ncccc34)CC2)c1. The van der Waals surface area contributed by atoms with Crippen molar-refractivity contribution in [3.63, 3.8) is 0 Å². The number of rotatable bonds is 5. The Morgan fingerprint density at radius 1 is 1.03 bits per heavy atom. The minimum absolute atomic E-state index is 0.113. The van der Waals surface area contributed by atoms with Crippen LogP contribution in [0.2, 0.25) is 0 Å². The van der Waals surface area contributed by atoms with Crippen molar-refractivity contribution in [1.29, 1.82) is 0 Å². The number of fused-ring (bicyclic) bond motifs is 2. The van der Waals surface area contributed by atoms with Crippen LogP contribution >= 0.6 is 0 Å². The molecule has 1 fully saturated rings. The van der Waals surface area contributed by atoms with Crippen LogP contribution < -0.4 is 10.1 Å². The maximum absolute atomic E-state index is 13.4. The van der Waals surface area contributed by atoms with Crippen LogP contribution in [0.3, 0.4) is 0 Å². The zero-order valence-corrected chi connectivity index (χ0v) is 19.0. The molecule has 3 aromatic carbocycles. The molecule has 6 rings (SSSR count). The van der Waals surface area contributed by atoms with E-state index in [4.69, 9.17) is 9.15 Å². The monoisotopic (exact) mass is 449 g/mol. The molecule has 34 heavy (non-hydrogen) atoms. The number of nitrogens with zero attached hydrogens (tertiary/aromatic N) is 2. The maximum atomic E-state index is 13.4. The van der Waals surface area contributed by atoms with Gasteiger partial charge in [-0.1, -0.05) is 24.3 Å². The van der Waals surface area contributed by atoms with Crippen LogP contribution in [-0.4, -0.2) is 23.0 Å². The Balaban J connectivity index is 1.44. The maximum Gasteiger partial charge on any atom is 0.252 e. The van der Waals surface area contributed by atoms with Gasteiger partial charge >= 0.3 is 0 Å². The first kappa shape index (κ1) is 20.4. The highest BCUT2D eigenvalue weighted by atomic mass is 16.5. The first-order chi connectivity index (χ1) is 16.6. The molecule has 6 heteroatoms. The smallest absolute Gasteiger partial charge is 0.252 e. The molecule has 1 amide bonds. The van der Waals surface area contributed by atoms with Gasteiger partial charge in [-0.15, -0.1) is 0 Å². The summed E-state index contributed by atoms with van der Waals surface area (Å²) in [7, 11) is 1.60. The third-order valence-electron chi connectivity index (χ3n) is 6.57. The van der Waals surface area contributed by atoms with Crippen molar-refractivity contribution in [2.24, 2.45) is 0 Å². The van der Waals surface area contributed by atoms with Gasteiger partial charge in [0.05, 0.1) is 18.2 Å². The van der Waals surface area contributed by atoms with E-state index in [0.717, 1.165) is 51.5 Å². The number of oxazole rings is 1. The van der Waals surface area contributed by atoms with Crippen molar-refractivity contribution in [3.8, 4) is 17.2 Å². The summed E-state index contributed by atoms with van der Waals surface area (Å²) in [4.78, 5) is 22.6. The molecular formula is C28H23N3O3. The largest absolute Gasteiger partial charge is 0.497 e. The second-order valence-electron chi connectivity index (χ2n) is 8.80. The van der Waals surface area contributed by atoms with Gasteiger partial charge in [-0.3, -0.25) is 9.78 Å². The number of hydrogen-bond acceptors (Lipinski definition) is 5. The third kappa shape index (κ3) is 3.39. The number of para-hydroxylation sites is 2. The van der Waals surface area contributed by atoms with E-state index < -0.39 is 5.54 Å². The first-order valence-electron chi connectivity index (χ1n) is 11.3. The van der Waals surface area contributed by atoms with Gasteiger partial charge in [0.1, 0.15) is 11.3 Å². The summed E-state index contributed by atoms with van der Waals surface area (Å²) in [5.41, 5.74) is 5.32. The first-order valence-corrected chi connectivity index (χ1v) is 11.3. The molecule has 0 spiro atoms. The molecule has 0 saturated heterocycles. The number of pyridine rings is 1. The molecule has 1 aliphatic carbocycles. The number of aromatic nitrogens is 2. The summed E-state index contributed by atoms with van der Waals surface area (Å²) in [6, 6.07) is 21.3. The van der Waals surface area contributed by atoms with Gasteiger partial charge in [0.25, 0.3) is 5.91 Å². The number of methoxy groups -OCH3 is 1. The van der Waals surface area contributed by atoms with E-state index in [1.807, 2.05) is 55.5 Å².